The fourth-order valence-corrected chi connectivity index (χ4v) is 2.32. The number of benzene rings is 1. The minimum absolute atomic E-state index is 0.0343. The van der Waals surface area contributed by atoms with Gasteiger partial charge >= 0.3 is 0 Å². The molecule has 1 atom stereocenters. The molecule has 0 bridgehead atoms. The third-order valence-corrected chi connectivity index (χ3v) is 3.66. The first-order valence-corrected chi connectivity index (χ1v) is 6.08. The standard InChI is InChI=1S/C14H19NO3/c1-14(7-6-13(16)15-9-14)10-4-5-11(17-2)12(8-10)18-3/h4-5,8H,6-7,9H2,1-3H3,(H,15,16). The molecular weight excluding hydrogens is 230 g/mol. The Labute approximate surface area is 107 Å². The Hall–Kier alpha value is -1.71. The minimum Gasteiger partial charge on any atom is -0.493 e. The molecule has 1 N–H and O–H groups in total. The van der Waals surface area contributed by atoms with E-state index in [1.165, 1.54) is 5.56 Å². The van der Waals surface area contributed by atoms with E-state index in [1.807, 2.05) is 18.2 Å². The van der Waals surface area contributed by atoms with Gasteiger partial charge in [-0.25, -0.2) is 0 Å². The second-order valence-corrected chi connectivity index (χ2v) is 4.91. The quantitative estimate of drug-likeness (QED) is 0.889. The average molecular weight is 249 g/mol. The van der Waals surface area contributed by atoms with Crippen molar-refractivity contribution in [2.24, 2.45) is 0 Å². The van der Waals surface area contributed by atoms with Gasteiger partial charge in [0.1, 0.15) is 0 Å². The van der Waals surface area contributed by atoms with Gasteiger partial charge in [-0.2, -0.15) is 0 Å². The summed E-state index contributed by atoms with van der Waals surface area (Å²) in [6.07, 6.45) is 1.43. The summed E-state index contributed by atoms with van der Waals surface area (Å²) in [4.78, 5) is 11.2. The van der Waals surface area contributed by atoms with Crippen LogP contribution < -0.4 is 14.8 Å². The molecule has 4 heteroatoms. The molecule has 1 fully saturated rings. The zero-order valence-corrected chi connectivity index (χ0v) is 11.1. The number of ether oxygens (including phenoxy) is 2. The van der Waals surface area contributed by atoms with Gasteiger partial charge in [0.05, 0.1) is 14.2 Å². The van der Waals surface area contributed by atoms with Crippen LogP contribution in [0.3, 0.4) is 0 Å². The predicted octanol–water partition coefficient (Wildman–Crippen LogP) is 1.87. The van der Waals surface area contributed by atoms with Gasteiger partial charge < -0.3 is 14.8 Å². The molecule has 0 radical (unpaired) electrons. The Morgan fingerprint density at radius 2 is 1.94 bits per heavy atom. The van der Waals surface area contributed by atoms with E-state index in [0.717, 1.165) is 17.9 Å². The molecule has 2 rings (SSSR count). The summed E-state index contributed by atoms with van der Waals surface area (Å²) in [5, 5.41) is 2.93. The summed E-state index contributed by atoms with van der Waals surface area (Å²) in [7, 11) is 3.26. The smallest absolute Gasteiger partial charge is 0.220 e. The number of piperidine rings is 1. The van der Waals surface area contributed by atoms with Crippen molar-refractivity contribution in [3.05, 3.63) is 23.8 Å². The molecule has 1 aliphatic rings. The average Bonchev–Trinajstić information content (AvgIpc) is 2.41. The van der Waals surface area contributed by atoms with Crippen molar-refractivity contribution in [2.75, 3.05) is 20.8 Å². The topological polar surface area (TPSA) is 47.6 Å². The molecule has 0 aromatic heterocycles. The van der Waals surface area contributed by atoms with Gasteiger partial charge in [-0.1, -0.05) is 13.0 Å². The maximum atomic E-state index is 11.2. The van der Waals surface area contributed by atoms with Crippen LogP contribution in [0.15, 0.2) is 18.2 Å². The van der Waals surface area contributed by atoms with Crippen molar-refractivity contribution in [3.8, 4) is 11.5 Å². The second kappa shape index (κ2) is 4.88. The van der Waals surface area contributed by atoms with Crippen molar-refractivity contribution in [2.45, 2.75) is 25.2 Å². The Morgan fingerprint density at radius 1 is 1.22 bits per heavy atom. The van der Waals surface area contributed by atoms with Crippen molar-refractivity contribution >= 4 is 5.91 Å². The van der Waals surface area contributed by atoms with Crippen molar-refractivity contribution in [3.63, 3.8) is 0 Å². The van der Waals surface area contributed by atoms with E-state index in [4.69, 9.17) is 9.47 Å². The summed E-state index contributed by atoms with van der Waals surface area (Å²) in [5.41, 5.74) is 1.13. The van der Waals surface area contributed by atoms with Crippen LogP contribution in [0.2, 0.25) is 0 Å². The molecule has 0 saturated carbocycles. The lowest BCUT2D eigenvalue weighted by molar-refractivity contribution is -0.123. The lowest BCUT2D eigenvalue weighted by Gasteiger charge is -2.34. The Kier molecular flexibility index (Phi) is 3.45. The first-order chi connectivity index (χ1) is 8.59. The molecule has 1 heterocycles. The molecule has 1 saturated heterocycles. The molecule has 4 nitrogen and oxygen atoms in total. The van der Waals surface area contributed by atoms with Crippen LogP contribution in [0.5, 0.6) is 11.5 Å². The van der Waals surface area contributed by atoms with Gasteiger partial charge in [-0.05, 0) is 24.1 Å². The highest BCUT2D eigenvalue weighted by Crippen LogP contribution is 2.36. The zero-order valence-electron chi connectivity index (χ0n) is 11.1. The molecule has 1 amide bonds. The van der Waals surface area contributed by atoms with Gasteiger partial charge in [0.15, 0.2) is 11.5 Å². The van der Waals surface area contributed by atoms with Crippen LogP contribution in [0.1, 0.15) is 25.3 Å². The number of hydrogen-bond acceptors (Lipinski definition) is 3. The SMILES string of the molecule is COc1ccc(C2(C)CCC(=O)NC2)cc1OC. The third-order valence-electron chi connectivity index (χ3n) is 3.66. The normalized spacial score (nSPS) is 23.4. The number of rotatable bonds is 3. The van der Waals surface area contributed by atoms with Crippen LogP contribution in [0.25, 0.3) is 0 Å². The van der Waals surface area contributed by atoms with Crippen molar-refractivity contribution in [1.29, 1.82) is 0 Å². The lowest BCUT2D eigenvalue weighted by atomic mass is 9.76. The van der Waals surface area contributed by atoms with Crippen LogP contribution in [0.4, 0.5) is 0 Å². The number of carbonyl (C=O) groups excluding carboxylic acids is 1. The maximum absolute atomic E-state index is 11.2. The summed E-state index contributed by atoms with van der Waals surface area (Å²) < 4.78 is 10.6. The Bertz CT molecular complexity index is 446. The number of carbonyl (C=O) groups is 1. The Morgan fingerprint density at radius 3 is 2.50 bits per heavy atom. The first kappa shape index (κ1) is 12.7. The summed E-state index contributed by atoms with van der Waals surface area (Å²) in [6, 6.07) is 5.95. The van der Waals surface area contributed by atoms with Gasteiger partial charge in [-0.3, -0.25) is 4.79 Å². The van der Waals surface area contributed by atoms with Crippen LogP contribution >= 0.6 is 0 Å². The molecule has 0 aliphatic carbocycles. The first-order valence-electron chi connectivity index (χ1n) is 6.08. The van der Waals surface area contributed by atoms with E-state index >= 15 is 0 Å². The zero-order chi connectivity index (χ0) is 13.2. The minimum atomic E-state index is -0.0343. The highest BCUT2D eigenvalue weighted by molar-refractivity contribution is 5.77. The highest BCUT2D eigenvalue weighted by atomic mass is 16.5. The number of hydrogen-bond donors (Lipinski definition) is 1. The molecule has 18 heavy (non-hydrogen) atoms. The number of nitrogens with one attached hydrogen (secondary N) is 1. The van der Waals surface area contributed by atoms with Crippen molar-refractivity contribution < 1.29 is 14.3 Å². The highest BCUT2D eigenvalue weighted by Gasteiger charge is 2.32. The van der Waals surface area contributed by atoms with Crippen LogP contribution in [-0.2, 0) is 10.2 Å². The van der Waals surface area contributed by atoms with E-state index in [2.05, 4.69) is 12.2 Å². The fraction of sp³-hybridized carbons (Fsp3) is 0.500. The van der Waals surface area contributed by atoms with E-state index in [1.54, 1.807) is 14.2 Å². The lowest BCUT2D eigenvalue weighted by Crippen LogP contribution is -2.44. The van der Waals surface area contributed by atoms with E-state index in [-0.39, 0.29) is 11.3 Å². The van der Waals surface area contributed by atoms with Gasteiger partial charge in [0.25, 0.3) is 0 Å². The third kappa shape index (κ3) is 2.28. The largest absolute Gasteiger partial charge is 0.493 e. The summed E-state index contributed by atoms with van der Waals surface area (Å²) in [5.74, 6) is 1.59. The maximum Gasteiger partial charge on any atom is 0.220 e. The molecule has 1 aliphatic heterocycles. The molecule has 0 spiro atoms. The van der Waals surface area contributed by atoms with E-state index in [9.17, 15) is 4.79 Å². The Balaban J connectivity index is 2.30. The number of methoxy groups -OCH3 is 2. The van der Waals surface area contributed by atoms with Gasteiger partial charge in [0.2, 0.25) is 5.91 Å². The molecule has 98 valence electrons. The fourth-order valence-electron chi connectivity index (χ4n) is 2.32. The number of amides is 1. The van der Waals surface area contributed by atoms with Crippen LogP contribution in [-0.4, -0.2) is 26.7 Å². The predicted molar refractivity (Wildman–Crippen MR) is 69.1 cm³/mol. The summed E-state index contributed by atoms with van der Waals surface area (Å²) in [6.45, 7) is 2.83. The van der Waals surface area contributed by atoms with Crippen molar-refractivity contribution in [1.82, 2.24) is 5.32 Å². The van der Waals surface area contributed by atoms with Crippen LogP contribution in [0, 0.1) is 0 Å². The van der Waals surface area contributed by atoms with E-state index < -0.39 is 0 Å². The van der Waals surface area contributed by atoms with E-state index in [0.29, 0.717) is 13.0 Å². The van der Waals surface area contributed by atoms with Gasteiger partial charge in [0, 0.05) is 18.4 Å². The molecule has 1 aromatic carbocycles. The molecular formula is C14H19NO3. The molecule has 1 unspecified atom stereocenters. The second-order valence-electron chi connectivity index (χ2n) is 4.91. The summed E-state index contributed by atoms with van der Waals surface area (Å²) >= 11 is 0. The van der Waals surface area contributed by atoms with Gasteiger partial charge in [-0.15, -0.1) is 0 Å². The monoisotopic (exact) mass is 249 g/mol. The molecule has 1 aromatic rings.